The lowest BCUT2D eigenvalue weighted by atomic mass is 10.0. The number of urea groups is 1. The van der Waals surface area contributed by atoms with Crippen LogP contribution in [0, 0.1) is 5.92 Å². The van der Waals surface area contributed by atoms with E-state index in [4.69, 9.17) is 23.2 Å². The Morgan fingerprint density at radius 2 is 1.80 bits per heavy atom. The molecule has 1 unspecified atom stereocenters. The summed E-state index contributed by atoms with van der Waals surface area (Å²) in [6.07, 6.45) is 3.72. The molecule has 9 nitrogen and oxygen atoms in total. The number of nitrogens with one attached hydrogen (secondary N) is 3. The summed E-state index contributed by atoms with van der Waals surface area (Å²) in [5.74, 6) is -2.72. The number of halogens is 2. The molecule has 1 aliphatic heterocycles. The Balaban J connectivity index is 1.27. The summed E-state index contributed by atoms with van der Waals surface area (Å²) < 4.78 is 0.899. The summed E-state index contributed by atoms with van der Waals surface area (Å²) in [7, 11) is 0. The molecular weight excluding hydrogens is 575 g/mol. The van der Waals surface area contributed by atoms with E-state index in [9.17, 15) is 24.3 Å². The van der Waals surface area contributed by atoms with Crippen LogP contribution in [0.15, 0.2) is 53.9 Å². The number of likely N-dealkylation sites (tertiary alicyclic amines) is 1. The standard InChI is InChI=1S/C28H28Cl2N4O5S/c29-24-17(14-18-10-13-40-26(18)25(24)30)6-7-22(35)34-11-8-21(9-12-34)32-27(38)19(15-23(36)37)16-31-28(39)33-20-4-2-1-3-5-20/h1-7,10,13-14,19,21H,8-9,11-12,15-16H2,(H,32,38)(H,36,37)(H2,31,33,39). The van der Waals surface area contributed by atoms with E-state index in [0.29, 0.717) is 47.2 Å². The quantitative estimate of drug-likeness (QED) is 0.249. The van der Waals surface area contributed by atoms with Crippen molar-refractivity contribution in [3.8, 4) is 0 Å². The number of aliphatic carboxylic acids is 1. The maximum Gasteiger partial charge on any atom is 0.319 e. The van der Waals surface area contributed by atoms with E-state index in [1.54, 1.807) is 35.2 Å². The van der Waals surface area contributed by atoms with Gasteiger partial charge < -0.3 is 26.0 Å². The molecule has 4 rings (SSSR count). The number of hydrogen-bond acceptors (Lipinski definition) is 5. The SMILES string of the molecule is O=C(O)CC(CNC(=O)Nc1ccccc1)C(=O)NC1CCN(C(=O)C=Cc2cc3ccsc3c(Cl)c2Cl)CC1. The second-order valence-electron chi connectivity index (χ2n) is 9.37. The Bertz CT molecular complexity index is 1420. The molecule has 0 aliphatic carbocycles. The number of amides is 4. The minimum absolute atomic E-state index is 0.136. The van der Waals surface area contributed by atoms with Crippen molar-refractivity contribution in [2.75, 3.05) is 25.0 Å². The van der Waals surface area contributed by atoms with Gasteiger partial charge in [-0.25, -0.2) is 4.79 Å². The van der Waals surface area contributed by atoms with Crippen molar-refractivity contribution in [2.24, 2.45) is 5.92 Å². The van der Waals surface area contributed by atoms with Gasteiger partial charge in [-0.05, 0) is 59.5 Å². The van der Waals surface area contributed by atoms with Crippen LogP contribution in [0.2, 0.25) is 10.0 Å². The minimum atomic E-state index is -1.14. The first-order chi connectivity index (χ1) is 19.2. The molecule has 1 aromatic heterocycles. The minimum Gasteiger partial charge on any atom is -0.481 e. The zero-order chi connectivity index (χ0) is 28.6. The van der Waals surface area contributed by atoms with Crippen molar-refractivity contribution in [3.05, 3.63) is 69.5 Å². The van der Waals surface area contributed by atoms with E-state index in [1.165, 1.54) is 17.4 Å². The topological polar surface area (TPSA) is 128 Å². The third kappa shape index (κ3) is 7.74. The molecule has 210 valence electrons. The van der Waals surface area contributed by atoms with E-state index in [1.807, 2.05) is 23.6 Å². The van der Waals surface area contributed by atoms with Gasteiger partial charge in [0.2, 0.25) is 11.8 Å². The molecule has 2 heterocycles. The highest BCUT2D eigenvalue weighted by Gasteiger charge is 2.27. The van der Waals surface area contributed by atoms with E-state index >= 15 is 0 Å². The van der Waals surface area contributed by atoms with Gasteiger partial charge in [0.25, 0.3) is 0 Å². The zero-order valence-corrected chi connectivity index (χ0v) is 23.7. The molecule has 2 aromatic carbocycles. The van der Waals surface area contributed by atoms with Crippen LogP contribution in [0.25, 0.3) is 16.2 Å². The Hall–Kier alpha value is -3.60. The highest BCUT2D eigenvalue weighted by molar-refractivity contribution is 7.18. The second kappa shape index (κ2) is 13.6. The lowest BCUT2D eigenvalue weighted by Crippen LogP contribution is -2.49. The van der Waals surface area contributed by atoms with E-state index < -0.39 is 30.2 Å². The highest BCUT2D eigenvalue weighted by Crippen LogP contribution is 2.37. The number of anilines is 1. The molecule has 0 saturated carbocycles. The van der Waals surface area contributed by atoms with Gasteiger partial charge in [-0.2, -0.15) is 0 Å². The first-order valence-electron chi connectivity index (χ1n) is 12.7. The van der Waals surface area contributed by atoms with Crippen LogP contribution < -0.4 is 16.0 Å². The number of carboxylic acids is 1. The van der Waals surface area contributed by atoms with Crippen molar-refractivity contribution < 1.29 is 24.3 Å². The maximum atomic E-state index is 12.9. The number of hydrogen-bond donors (Lipinski definition) is 4. The van der Waals surface area contributed by atoms with Crippen LogP contribution in [0.4, 0.5) is 10.5 Å². The fourth-order valence-corrected chi connectivity index (χ4v) is 5.84. The largest absolute Gasteiger partial charge is 0.481 e. The van der Waals surface area contributed by atoms with Gasteiger partial charge in [0, 0.05) is 37.4 Å². The van der Waals surface area contributed by atoms with Gasteiger partial charge in [0.15, 0.2) is 0 Å². The average molecular weight is 604 g/mol. The molecule has 4 N–H and O–H groups in total. The van der Waals surface area contributed by atoms with Crippen molar-refractivity contribution >= 4 is 80.2 Å². The molecule has 1 saturated heterocycles. The van der Waals surface area contributed by atoms with Gasteiger partial charge in [0.05, 0.1) is 27.1 Å². The number of benzene rings is 2. The normalized spacial score (nSPS) is 14.7. The Labute approximate surface area is 245 Å². The summed E-state index contributed by atoms with van der Waals surface area (Å²) in [6, 6.07) is 11.8. The summed E-state index contributed by atoms with van der Waals surface area (Å²) in [5.41, 5.74) is 1.23. The number of piperidine rings is 1. The zero-order valence-electron chi connectivity index (χ0n) is 21.4. The highest BCUT2D eigenvalue weighted by atomic mass is 35.5. The Morgan fingerprint density at radius 3 is 2.50 bits per heavy atom. The van der Waals surface area contributed by atoms with Crippen molar-refractivity contribution in [1.29, 1.82) is 0 Å². The number of carboxylic acid groups (broad SMARTS) is 1. The number of carbonyl (C=O) groups excluding carboxylic acids is 3. The second-order valence-corrected chi connectivity index (χ2v) is 11.0. The van der Waals surface area contributed by atoms with Crippen LogP contribution in [0.3, 0.4) is 0 Å². The molecule has 12 heteroatoms. The van der Waals surface area contributed by atoms with Gasteiger partial charge in [-0.15, -0.1) is 11.3 Å². The van der Waals surface area contributed by atoms with Crippen molar-refractivity contribution in [1.82, 2.24) is 15.5 Å². The predicted molar refractivity (Wildman–Crippen MR) is 158 cm³/mol. The van der Waals surface area contributed by atoms with Crippen molar-refractivity contribution in [3.63, 3.8) is 0 Å². The first kappa shape index (κ1) is 29.4. The third-order valence-electron chi connectivity index (χ3n) is 6.54. The third-order valence-corrected chi connectivity index (χ3v) is 8.48. The molecule has 40 heavy (non-hydrogen) atoms. The Kier molecular flexibility index (Phi) is 10.0. The van der Waals surface area contributed by atoms with E-state index in [2.05, 4.69) is 16.0 Å². The number of nitrogens with zero attached hydrogens (tertiary/aromatic N) is 1. The molecule has 0 spiro atoms. The fourth-order valence-electron chi connectivity index (χ4n) is 4.40. The molecule has 0 radical (unpaired) electrons. The number of rotatable bonds is 9. The summed E-state index contributed by atoms with van der Waals surface area (Å²) >= 11 is 14.3. The van der Waals surface area contributed by atoms with Crippen LogP contribution in [-0.4, -0.2) is 59.5 Å². The fraction of sp³-hybridized carbons (Fsp3) is 0.286. The molecule has 3 aromatic rings. The number of para-hydroxylation sites is 1. The van der Waals surface area contributed by atoms with E-state index in [0.717, 1.165) is 10.1 Å². The molecule has 4 amide bonds. The molecular formula is C28H28Cl2N4O5S. The van der Waals surface area contributed by atoms with Crippen LogP contribution >= 0.6 is 34.5 Å². The average Bonchev–Trinajstić information content (AvgIpc) is 3.41. The summed E-state index contributed by atoms with van der Waals surface area (Å²) in [6.45, 7) is 0.712. The molecule has 1 atom stereocenters. The van der Waals surface area contributed by atoms with Crippen LogP contribution in [0.5, 0.6) is 0 Å². The molecule has 1 aliphatic rings. The van der Waals surface area contributed by atoms with Crippen LogP contribution in [-0.2, 0) is 14.4 Å². The lowest BCUT2D eigenvalue weighted by Gasteiger charge is -2.32. The summed E-state index contributed by atoms with van der Waals surface area (Å²) in [5, 5.41) is 21.1. The predicted octanol–water partition coefficient (Wildman–Crippen LogP) is 5.24. The monoisotopic (exact) mass is 602 g/mol. The smallest absolute Gasteiger partial charge is 0.319 e. The lowest BCUT2D eigenvalue weighted by molar-refractivity contribution is -0.141. The van der Waals surface area contributed by atoms with Crippen molar-refractivity contribution in [2.45, 2.75) is 25.3 Å². The summed E-state index contributed by atoms with van der Waals surface area (Å²) in [4.78, 5) is 50.9. The number of carbonyl (C=O) groups is 4. The van der Waals surface area contributed by atoms with Gasteiger partial charge in [-0.1, -0.05) is 41.4 Å². The molecule has 0 bridgehead atoms. The number of thiophene rings is 1. The van der Waals surface area contributed by atoms with Gasteiger partial charge in [0.1, 0.15) is 0 Å². The van der Waals surface area contributed by atoms with Gasteiger partial charge in [-0.3, -0.25) is 14.4 Å². The Morgan fingerprint density at radius 1 is 1.07 bits per heavy atom. The molecule has 1 fully saturated rings. The van der Waals surface area contributed by atoms with Crippen LogP contribution in [0.1, 0.15) is 24.8 Å². The van der Waals surface area contributed by atoms with E-state index in [-0.39, 0.29) is 18.5 Å². The van der Waals surface area contributed by atoms with Gasteiger partial charge >= 0.3 is 12.0 Å². The number of fused-ring (bicyclic) bond motifs is 1. The maximum absolute atomic E-state index is 12.9. The first-order valence-corrected chi connectivity index (χ1v) is 14.3.